The Balaban J connectivity index is 1.31. The van der Waals surface area contributed by atoms with Gasteiger partial charge in [-0.1, -0.05) is 60.7 Å². The summed E-state index contributed by atoms with van der Waals surface area (Å²) in [5.74, 6) is 0.740. The van der Waals surface area contributed by atoms with Crippen molar-refractivity contribution in [2.75, 3.05) is 42.9 Å². The molecule has 1 aromatic heterocycles. The largest absolute Gasteiger partial charge is 0.354 e. The Morgan fingerprint density at radius 1 is 0.933 bits per heavy atom. The summed E-state index contributed by atoms with van der Waals surface area (Å²) in [7, 11) is 0. The van der Waals surface area contributed by atoms with Gasteiger partial charge in [0.15, 0.2) is 0 Å². The summed E-state index contributed by atoms with van der Waals surface area (Å²) in [4.78, 5) is 21.7. The molecule has 0 unspecified atom stereocenters. The molecular weight excluding hydrogens is 372 g/mol. The molecule has 4 rings (SSSR count). The highest BCUT2D eigenvalue weighted by Gasteiger charge is 2.18. The van der Waals surface area contributed by atoms with Gasteiger partial charge in [0.2, 0.25) is 0 Å². The number of carbonyl (C=O) groups is 1. The first-order valence-corrected chi connectivity index (χ1v) is 10.3. The summed E-state index contributed by atoms with van der Waals surface area (Å²) in [6.07, 6.45) is 6.10. The lowest BCUT2D eigenvalue weighted by atomic mass is 10.2. The van der Waals surface area contributed by atoms with Crippen LogP contribution in [0.5, 0.6) is 0 Å². The maximum atomic E-state index is 12.6. The highest BCUT2D eigenvalue weighted by atomic mass is 16.1. The number of amides is 1. The molecule has 152 valence electrons. The fourth-order valence-electron chi connectivity index (χ4n) is 3.52. The van der Waals surface area contributed by atoms with E-state index in [-0.39, 0.29) is 5.91 Å². The van der Waals surface area contributed by atoms with Crippen molar-refractivity contribution in [2.24, 2.45) is 0 Å². The van der Waals surface area contributed by atoms with Crippen LogP contribution in [0.25, 0.3) is 6.08 Å². The second-order valence-corrected chi connectivity index (χ2v) is 7.32. The number of nitrogens with zero attached hydrogens (tertiary/aromatic N) is 3. The number of aromatic nitrogens is 1. The fourth-order valence-corrected chi connectivity index (χ4v) is 3.52. The summed E-state index contributed by atoms with van der Waals surface area (Å²) >= 11 is 0. The van der Waals surface area contributed by atoms with Gasteiger partial charge in [-0.05, 0) is 29.8 Å². The number of rotatable bonds is 6. The predicted octanol–water partition coefficient (Wildman–Crippen LogP) is 4.17. The molecule has 1 amide bonds. The summed E-state index contributed by atoms with van der Waals surface area (Å²) in [6, 6.07) is 23.5. The van der Waals surface area contributed by atoms with Gasteiger partial charge in [-0.3, -0.25) is 9.69 Å². The number of pyridine rings is 1. The Hall–Kier alpha value is -3.44. The predicted molar refractivity (Wildman–Crippen MR) is 123 cm³/mol. The minimum atomic E-state index is -0.116. The van der Waals surface area contributed by atoms with Crippen LogP contribution >= 0.6 is 0 Å². The van der Waals surface area contributed by atoms with E-state index in [1.54, 1.807) is 12.3 Å². The van der Waals surface area contributed by atoms with Crippen molar-refractivity contribution >= 4 is 23.5 Å². The molecule has 0 atom stereocenters. The number of hydrogen-bond acceptors (Lipinski definition) is 4. The quantitative estimate of drug-likeness (QED) is 0.677. The van der Waals surface area contributed by atoms with E-state index in [1.165, 1.54) is 5.56 Å². The smallest absolute Gasteiger partial charge is 0.255 e. The molecule has 5 nitrogen and oxygen atoms in total. The van der Waals surface area contributed by atoms with Crippen LogP contribution in [-0.2, 0) is 0 Å². The molecule has 1 fully saturated rings. The van der Waals surface area contributed by atoms with Gasteiger partial charge in [0.05, 0.1) is 0 Å². The zero-order valence-electron chi connectivity index (χ0n) is 16.9. The molecule has 1 saturated heterocycles. The van der Waals surface area contributed by atoms with E-state index in [0.29, 0.717) is 5.56 Å². The third-order valence-corrected chi connectivity index (χ3v) is 5.21. The van der Waals surface area contributed by atoms with Crippen molar-refractivity contribution in [3.05, 3.63) is 96.2 Å². The van der Waals surface area contributed by atoms with Crippen molar-refractivity contribution in [1.29, 1.82) is 0 Å². The molecular formula is C25H26N4O. The lowest BCUT2D eigenvalue weighted by Crippen LogP contribution is -2.46. The standard InChI is InChI=1S/C25H26N4O/c30-25(27-23-11-5-2-6-12-23)22-13-14-26-24(20-22)29-18-16-28(17-19-29)15-7-10-21-8-3-1-4-9-21/h1-14,20H,15-19H2,(H,27,30)/b10-7+. The van der Waals surface area contributed by atoms with Crippen LogP contribution in [0.1, 0.15) is 15.9 Å². The molecule has 30 heavy (non-hydrogen) atoms. The molecule has 5 heteroatoms. The van der Waals surface area contributed by atoms with Gasteiger partial charge in [0, 0.05) is 50.2 Å². The van der Waals surface area contributed by atoms with E-state index in [1.807, 2.05) is 42.5 Å². The van der Waals surface area contributed by atoms with Crippen molar-refractivity contribution in [1.82, 2.24) is 9.88 Å². The number of hydrogen-bond donors (Lipinski definition) is 1. The van der Waals surface area contributed by atoms with Gasteiger partial charge in [-0.2, -0.15) is 0 Å². The Kier molecular flexibility index (Phi) is 6.52. The van der Waals surface area contributed by atoms with Crippen LogP contribution in [0.3, 0.4) is 0 Å². The van der Waals surface area contributed by atoms with Crippen LogP contribution in [0.4, 0.5) is 11.5 Å². The van der Waals surface area contributed by atoms with Crippen molar-refractivity contribution in [3.8, 4) is 0 Å². The summed E-state index contributed by atoms with van der Waals surface area (Å²) < 4.78 is 0. The Morgan fingerprint density at radius 3 is 2.37 bits per heavy atom. The van der Waals surface area contributed by atoms with Crippen LogP contribution < -0.4 is 10.2 Å². The zero-order valence-corrected chi connectivity index (χ0v) is 16.9. The number of anilines is 2. The molecule has 1 aliphatic rings. The van der Waals surface area contributed by atoms with Crippen LogP contribution in [0.2, 0.25) is 0 Å². The molecule has 2 heterocycles. The number of benzene rings is 2. The number of para-hydroxylation sites is 1. The lowest BCUT2D eigenvalue weighted by molar-refractivity contribution is 0.102. The molecule has 0 aliphatic carbocycles. The molecule has 1 aliphatic heterocycles. The third kappa shape index (κ3) is 5.33. The van der Waals surface area contributed by atoms with Gasteiger partial charge < -0.3 is 10.2 Å². The van der Waals surface area contributed by atoms with E-state index in [0.717, 1.165) is 44.2 Å². The average molecular weight is 399 g/mol. The Morgan fingerprint density at radius 2 is 1.63 bits per heavy atom. The van der Waals surface area contributed by atoms with Gasteiger partial charge in [0.25, 0.3) is 5.91 Å². The average Bonchev–Trinajstić information content (AvgIpc) is 2.81. The number of carbonyl (C=O) groups excluding carboxylic acids is 1. The van der Waals surface area contributed by atoms with E-state index >= 15 is 0 Å². The maximum absolute atomic E-state index is 12.6. The Bertz CT molecular complexity index is 980. The van der Waals surface area contributed by atoms with Crippen molar-refractivity contribution < 1.29 is 4.79 Å². The molecule has 2 aromatic carbocycles. The van der Waals surface area contributed by atoms with E-state index in [2.05, 4.69) is 56.5 Å². The lowest BCUT2D eigenvalue weighted by Gasteiger charge is -2.35. The SMILES string of the molecule is O=C(Nc1ccccc1)c1ccnc(N2CCN(C/C=C/c3ccccc3)CC2)c1. The van der Waals surface area contributed by atoms with Crippen LogP contribution in [-0.4, -0.2) is 48.5 Å². The van der Waals surface area contributed by atoms with E-state index in [9.17, 15) is 4.79 Å². The third-order valence-electron chi connectivity index (χ3n) is 5.21. The highest BCUT2D eigenvalue weighted by Crippen LogP contribution is 2.17. The minimum absolute atomic E-state index is 0.116. The zero-order chi connectivity index (χ0) is 20.6. The molecule has 0 bridgehead atoms. The van der Waals surface area contributed by atoms with Crippen LogP contribution in [0, 0.1) is 0 Å². The number of piperazine rings is 1. The number of nitrogens with one attached hydrogen (secondary N) is 1. The summed E-state index contributed by atoms with van der Waals surface area (Å²) in [5.41, 5.74) is 2.64. The maximum Gasteiger partial charge on any atom is 0.255 e. The first kappa shape index (κ1) is 19.9. The minimum Gasteiger partial charge on any atom is -0.354 e. The molecule has 0 spiro atoms. The molecule has 3 aromatic rings. The summed E-state index contributed by atoms with van der Waals surface area (Å²) in [6.45, 7) is 4.68. The van der Waals surface area contributed by atoms with Crippen LogP contribution in [0.15, 0.2) is 85.1 Å². The van der Waals surface area contributed by atoms with Crippen molar-refractivity contribution in [2.45, 2.75) is 0 Å². The molecule has 0 radical (unpaired) electrons. The van der Waals surface area contributed by atoms with Crippen molar-refractivity contribution in [3.63, 3.8) is 0 Å². The van der Waals surface area contributed by atoms with Gasteiger partial charge >= 0.3 is 0 Å². The normalized spacial score (nSPS) is 14.7. The summed E-state index contributed by atoms with van der Waals surface area (Å²) in [5, 5.41) is 2.93. The van der Waals surface area contributed by atoms with E-state index < -0.39 is 0 Å². The van der Waals surface area contributed by atoms with Gasteiger partial charge in [-0.15, -0.1) is 0 Å². The first-order valence-electron chi connectivity index (χ1n) is 10.3. The first-order chi connectivity index (χ1) is 14.8. The second-order valence-electron chi connectivity index (χ2n) is 7.32. The topological polar surface area (TPSA) is 48.5 Å². The highest BCUT2D eigenvalue weighted by molar-refractivity contribution is 6.04. The monoisotopic (exact) mass is 398 g/mol. The van der Waals surface area contributed by atoms with Gasteiger partial charge in [0.1, 0.15) is 5.82 Å². The Labute approximate surface area is 177 Å². The fraction of sp³-hybridized carbons (Fsp3) is 0.200. The van der Waals surface area contributed by atoms with E-state index in [4.69, 9.17) is 0 Å². The molecule has 1 N–H and O–H groups in total. The second kappa shape index (κ2) is 9.85. The molecule has 0 saturated carbocycles. The van der Waals surface area contributed by atoms with Gasteiger partial charge in [-0.25, -0.2) is 4.98 Å².